The molecule has 0 aromatic rings. The summed E-state index contributed by atoms with van der Waals surface area (Å²) in [6.07, 6.45) is 3.24. The van der Waals surface area contributed by atoms with E-state index in [-0.39, 0.29) is 22.6 Å². The lowest BCUT2D eigenvalue weighted by Crippen LogP contribution is -2.55. The lowest BCUT2D eigenvalue weighted by atomic mass is 9.97. The van der Waals surface area contributed by atoms with E-state index in [4.69, 9.17) is 4.74 Å². The number of hydrogen-bond donors (Lipinski definition) is 1. The van der Waals surface area contributed by atoms with Gasteiger partial charge in [-0.05, 0) is 18.8 Å². The third kappa shape index (κ3) is 3.21. The van der Waals surface area contributed by atoms with Gasteiger partial charge in [0.25, 0.3) is 0 Å². The first kappa shape index (κ1) is 14.5. The number of esters is 1. The molecule has 1 aliphatic carbocycles. The molecule has 0 unspecified atom stereocenters. The first-order valence-electron chi connectivity index (χ1n) is 5.97. The van der Waals surface area contributed by atoms with Crippen LogP contribution < -0.4 is 5.32 Å². The van der Waals surface area contributed by atoms with Crippen molar-refractivity contribution in [1.82, 2.24) is 5.32 Å². The van der Waals surface area contributed by atoms with Gasteiger partial charge < -0.3 is 10.1 Å². The van der Waals surface area contributed by atoms with E-state index in [2.05, 4.69) is 21.2 Å². The maximum atomic E-state index is 12.0. The van der Waals surface area contributed by atoms with Crippen LogP contribution in [-0.4, -0.2) is 29.4 Å². The molecule has 0 saturated heterocycles. The van der Waals surface area contributed by atoms with Crippen molar-refractivity contribution < 1.29 is 14.3 Å². The van der Waals surface area contributed by atoms with E-state index in [9.17, 15) is 9.59 Å². The van der Waals surface area contributed by atoms with Crippen LogP contribution in [0.5, 0.6) is 0 Å². The first-order chi connectivity index (χ1) is 7.93. The maximum Gasteiger partial charge on any atom is 0.331 e. The van der Waals surface area contributed by atoms with E-state index in [1.165, 1.54) is 7.11 Å². The van der Waals surface area contributed by atoms with Gasteiger partial charge in [0.1, 0.15) is 5.54 Å². The molecule has 1 N–H and O–H groups in total. The molecular weight excluding hydrogens is 286 g/mol. The predicted molar refractivity (Wildman–Crippen MR) is 68.9 cm³/mol. The average Bonchev–Trinajstić information content (AvgIpc) is 2.76. The van der Waals surface area contributed by atoms with Crippen LogP contribution in [0.4, 0.5) is 0 Å². The second kappa shape index (κ2) is 5.85. The summed E-state index contributed by atoms with van der Waals surface area (Å²) in [5.74, 6) is -0.273. The summed E-state index contributed by atoms with van der Waals surface area (Å²) in [7, 11) is 1.36. The molecule has 0 aliphatic heterocycles. The number of halogens is 1. The highest BCUT2D eigenvalue weighted by molar-refractivity contribution is 9.10. The number of amides is 1. The quantitative estimate of drug-likeness (QED) is 0.638. The van der Waals surface area contributed by atoms with Gasteiger partial charge in [-0.3, -0.25) is 4.79 Å². The highest BCUT2D eigenvalue weighted by atomic mass is 79.9. The summed E-state index contributed by atoms with van der Waals surface area (Å²) >= 11 is 3.35. The Kier molecular flexibility index (Phi) is 4.98. The molecule has 0 spiro atoms. The number of nitrogens with one attached hydrogen (secondary N) is 1. The number of carbonyl (C=O) groups is 2. The minimum absolute atomic E-state index is 0.132. The number of carbonyl (C=O) groups excluding carboxylic acids is 2. The van der Waals surface area contributed by atoms with Gasteiger partial charge in [-0.2, -0.15) is 0 Å². The molecule has 1 aliphatic rings. The van der Waals surface area contributed by atoms with Crippen LogP contribution in [0.1, 0.15) is 39.5 Å². The SMILES string of the molecule is COC(=O)C1(NC(=O)[C@@H](Br)C(C)C)CCCC1. The molecule has 1 fully saturated rings. The van der Waals surface area contributed by atoms with Gasteiger partial charge in [0, 0.05) is 0 Å². The van der Waals surface area contributed by atoms with Crippen LogP contribution >= 0.6 is 15.9 Å². The van der Waals surface area contributed by atoms with Crippen LogP contribution in [0.25, 0.3) is 0 Å². The van der Waals surface area contributed by atoms with Crippen LogP contribution in [0.2, 0.25) is 0 Å². The smallest absolute Gasteiger partial charge is 0.331 e. The van der Waals surface area contributed by atoms with Crippen molar-refractivity contribution >= 4 is 27.8 Å². The van der Waals surface area contributed by atoms with Crippen molar-refractivity contribution in [2.45, 2.75) is 49.9 Å². The Bertz CT molecular complexity index is 298. The van der Waals surface area contributed by atoms with E-state index in [1.54, 1.807) is 0 Å². The lowest BCUT2D eigenvalue weighted by molar-refractivity contribution is -0.150. The third-order valence-corrected chi connectivity index (χ3v) is 4.70. The number of methoxy groups -OCH3 is 1. The fourth-order valence-electron chi connectivity index (χ4n) is 2.16. The van der Waals surface area contributed by atoms with Crippen molar-refractivity contribution in [2.24, 2.45) is 5.92 Å². The molecule has 5 heteroatoms. The van der Waals surface area contributed by atoms with Crippen LogP contribution in [-0.2, 0) is 14.3 Å². The Labute approximate surface area is 111 Å². The van der Waals surface area contributed by atoms with E-state index >= 15 is 0 Å². The Morgan fingerprint density at radius 3 is 2.24 bits per heavy atom. The zero-order valence-electron chi connectivity index (χ0n) is 10.6. The number of hydrogen-bond acceptors (Lipinski definition) is 3. The minimum Gasteiger partial charge on any atom is -0.467 e. The Morgan fingerprint density at radius 2 is 1.82 bits per heavy atom. The molecule has 1 rings (SSSR count). The number of alkyl halides is 1. The first-order valence-corrected chi connectivity index (χ1v) is 6.89. The highest BCUT2D eigenvalue weighted by Gasteiger charge is 2.44. The highest BCUT2D eigenvalue weighted by Crippen LogP contribution is 2.31. The molecule has 0 aromatic heterocycles. The number of ether oxygens (including phenoxy) is 1. The molecule has 1 atom stereocenters. The van der Waals surface area contributed by atoms with E-state index in [0.717, 1.165) is 12.8 Å². The van der Waals surface area contributed by atoms with Crippen LogP contribution in [0, 0.1) is 5.92 Å². The average molecular weight is 306 g/mol. The summed E-state index contributed by atoms with van der Waals surface area (Å²) in [6, 6.07) is 0. The molecule has 0 heterocycles. The van der Waals surface area contributed by atoms with Crippen molar-refractivity contribution in [2.75, 3.05) is 7.11 Å². The Hall–Kier alpha value is -0.580. The van der Waals surface area contributed by atoms with Crippen LogP contribution in [0.3, 0.4) is 0 Å². The molecular formula is C12H20BrNO3. The standard InChI is InChI=1S/C12H20BrNO3/c1-8(2)9(13)10(15)14-12(11(16)17-3)6-4-5-7-12/h8-9H,4-7H2,1-3H3,(H,14,15)/t9-/m0/s1. The monoisotopic (exact) mass is 305 g/mol. The van der Waals surface area contributed by atoms with Crippen molar-refractivity contribution in [3.63, 3.8) is 0 Å². The van der Waals surface area contributed by atoms with Gasteiger partial charge in [-0.25, -0.2) is 4.79 Å². The van der Waals surface area contributed by atoms with Crippen molar-refractivity contribution in [1.29, 1.82) is 0 Å². The Balaban J connectivity index is 2.74. The van der Waals surface area contributed by atoms with E-state index < -0.39 is 5.54 Å². The largest absolute Gasteiger partial charge is 0.467 e. The molecule has 0 aromatic carbocycles. The normalized spacial score (nSPS) is 20.1. The molecule has 1 amide bonds. The minimum atomic E-state index is -0.799. The van der Waals surface area contributed by atoms with Gasteiger partial charge in [0.05, 0.1) is 11.9 Å². The van der Waals surface area contributed by atoms with Gasteiger partial charge in [0.15, 0.2) is 0 Å². The topological polar surface area (TPSA) is 55.4 Å². The van der Waals surface area contributed by atoms with Crippen molar-refractivity contribution in [3.8, 4) is 0 Å². The molecule has 4 nitrogen and oxygen atoms in total. The van der Waals surface area contributed by atoms with E-state index in [0.29, 0.717) is 12.8 Å². The fraction of sp³-hybridized carbons (Fsp3) is 0.833. The third-order valence-electron chi connectivity index (χ3n) is 3.23. The van der Waals surface area contributed by atoms with Crippen LogP contribution in [0.15, 0.2) is 0 Å². The van der Waals surface area contributed by atoms with Crippen molar-refractivity contribution in [3.05, 3.63) is 0 Å². The van der Waals surface area contributed by atoms with Gasteiger partial charge in [-0.15, -0.1) is 0 Å². The zero-order valence-corrected chi connectivity index (χ0v) is 12.2. The summed E-state index contributed by atoms with van der Waals surface area (Å²) in [6.45, 7) is 3.91. The van der Waals surface area contributed by atoms with Gasteiger partial charge in [0.2, 0.25) is 5.91 Å². The Morgan fingerprint density at radius 1 is 1.29 bits per heavy atom. The van der Waals surface area contributed by atoms with Gasteiger partial charge >= 0.3 is 5.97 Å². The molecule has 98 valence electrons. The summed E-state index contributed by atoms with van der Waals surface area (Å²) in [4.78, 5) is 23.5. The zero-order chi connectivity index (χ0) is 13.1. The fourth-order valence-corrected chi connectivity index (χ4v) is 2.28. The molecule has 0 radical (unpaired) electrons. The second-order valence-electron chi connectivity index (χ2n) is 4.92. The summed E-state index contributed by atoms with van der Waals surface area (Å²) < 4.78 is 4.81. The molecule has 0 bridgehead atoms. The second-order valence-corrected chi connectivity index (χ2v) is 5.90. The van der Waals surface area contributed by atoms with Gasteiger partial charge in [-0.1, -0.05) is 42.6 Å². The predicted octanol–water partition coefficient (Wildman–Crippen LogP) is 2.01. The summed E-state index contributed by atoms with van der Waals surface area (Å²) in [5, 5.41) is 2.86. The summed E-state index contributed by atoms with van der Waals surface area (Å²) in [5.41, 5.74) is -0.799. The lowest BCUT2D eigenvalue weighted by Gasteiger charge is -2.29. The number of rotatable bonds is 4. The maximum absolute atomic E-state index is 12.0. The van der Waals surface area contributed by atoms with E-state index in [1.807, 2.05) is 13.8 Å². The molecule has 1 saturated carbocycles. The molecule has 17 heavy (non-hydrogen) atoms.